The zero-order valence-corrected chi connectivity index (χ0v) is 14.2. The molecule has 3 rings (SSSR count). The lowest BCUT2D eigenvalue weighted by Crippen LogP contribution is -2.42. The highest BCUT2D eigenvalue weighted by atomic mass is 32.2. The van der Waals surface area contributed by atoms with Crippen LogP contribution in [0.5, 0.6) is 0 Å². The van der Waals surface area contributed by atoms with E-state index < -0.39 is 15.8 Å². The molecule has 0 bridgehead atoms. The van der Waals surface area contributed by atoms with E-state index in [0.29, 0.717) is 18.7 Å². The summed E-state index contributed by atoms with van der Waals surface area (Å²) < 4.78 is 47.4. The number of aromatic nitrogens is 2. The maximum Gasteiger partial charge on any atom is 0.218 e. The molecule has 1 aliphatic rings. The second kappa shape index (κ2) is 7.00. The number of rotatable bonds is 5. The number of ether oxygens (including phenoxy) is 1. The van der Waals surface area contributed by atoms with Crippen LogP contribution in [0.1, 0.15) is 24.2 Å². The van der Waals surface area contributed by atoms with Gasteiger partial charge in [0, 0.05) is 31.4 Å². The summed E-state index contributed by atoms with van der Waals surface area (Å²) in [5.41, 5.74) is 1.30. The third-order valence-electron chi connectivity index (χ3n) is 4.01. The van der Waals surface area contributed by atoms with Gasteiger partial charge in [-0.2, -0.15) is 9.40 Å². The summed E-state index contributed by atoms with van der Waals surface area (Å²) in [5, 5.41) is 4.20. The molecule has 1 aliphatic heterocycles. The van der Waals surface area contributed by atoms with Gasteiger partial charge < -0.3 is 4.74 Å². The zero-order valence-electron chi connectivity index (χ0n) is 13.4. The molecule has 1 unspecified atom stereocenters. The molecule has 1 fully saturated rings. The van der Waals surface area contributed by atoms with Crippen LogP contribution in [0.3, 0.4) is 0 Å². The summed E-state index contributed by atoms with van der Waals surface area (Å²) in [5.74, 6) is -0.652. The van der Waals surface area contributed by atoms with E-state index in [-0.39, 0.29) is 18.4 Å². The van der Waals surface area contributed by atoms with E-state index in [0.717, 1.165) is 12.1 Å². The number of benzene rings is 1. The zero-order chi connectivity index (χ0) is 17.2. The van der Waals surface area contributed by atoms with E-state index in [1.807, 2.05) is 13.1 Å². The number of hydrogen-bond donors (Lipinski definition) is 0. The predicted octanol–water partition coefficient (Wildman–Crippen LogP) is 1.95. The Labute approximate surface area is 140 Å². The Hall–Kier alpha value is -1.77. The predicted molar refractivity (Wildman–Crippen MR) is 87.2 cm³/mol. The van der Waals surface area contributed by atoms with Crippen LogP contribution < -0.4 is 0 Å². The Morgan fingerprint density at radius 1 is 1.42 bits per heavy atom. The summed E-state index contributed by atoms with van der Waals surface area (Å²) >= 11 is 0. The topological polar surface area (TPSA) is 64.4 Å². The number of aryl methyl sites for hydroxylation is 1. The molecule has 24 heavy (non-hydrogen) atoms. The SMILES string of the molecule is CCn1cc(C2CN(S(=O)(=O)Cc3cccc(F)c3)CCO2)cn1. The van der Waals surface area contributed by atoms with Gasteiger partial charge in [-0.15, -0.1) is 0 Å². The van der Waals surface area contributed by atoms with Crippen LogP contribution in [-0.4, -0.2) is 42.2 Å². The van der Waals surface area contributed by atoms with E-state index in [2.05, 4.69) is 5.10 Å². The van der Waals surface area contributed by atoms with E-state index in [1.165, 1.54) is 22.5 Å². The van der Waals surface area contributed by atoms with Crippen LogP contribution >= 0.6 is 0 Å². The van der Waals surface area contributed by atoms with Gasteiger partial charge in [0.15, 0.2) is 0 Å². The van der Waals surface area contributed by atoms with Gasteiger partial charge in [-0.1, -0.05) is 12.1 Å². The average molecular weight is 353 g/mol. The fourth-order valence-electron chi connectivity index (χ4n) is 2.73. The maximum absolute atomic E-state index is 13.3. The van der Waals surface area contributed by atoms with E-state index in [4.69, 9.17) is 4.74 Å². The molecule has 0 saturated carbocycles. The molecule has 130 valence electrons. The minimum atomic E-state index is -3.53. The second-order valence-electron chi connectivity index (χ2n) is 5.73. The lowest BCUT2D eigenvalue weighted by Gasteiger charge is -2.31. The lowest BCUT2D eigenvalue weighted by atomic mass is 10.2. The number of hydrogen-bond acceptors (Lipinski definition) is 4. The maximum atomic E-state index is 13.3. The third-order valence-corrected chi connectivity index (χ3v) is 5.83. The van der Waals surface area contributed by atoms with Crippen molar-refractivity contribution in [2.75, 3.05) is 19.7 Å². The van der Waals surface area contributed by atoms with Gasteiger partial charge in [-0.25, -0.2) is 12.8 Å². The van der Waals surface area contributed by atoms with Gasteiger partial charge in [0.1, 0.15) is 5.82 Å². The van der Waals surface area contributed by atoms with Crippen molar-refractivity contribution in [3.8, 4) is 0 Å². The molecule has 2 heterocycles. The van der Waals surface area contributed by atoms with Crippen LogP contribution in [0, 0.1) is 5.82 Å². The van der Waals surface area contributed by atoms with Crippen molar-refractivity contribution in [2.24, 2.45) is 0 Å². The first-order chi connectivity index (χ1) is 11.5. The van der Waals surface area contributed by atoms with Gasteiger partial charge in [0.05, 0.1) is 24.7 Å². The van der Waals surface area contributed by atoms with E-state index in [9.17, 15) is 12.8 Å². The van der Waals surface area contributed by atoms with Crippen molar-refractivity contribution >= 4 is 10.0 Å². The second-order valence-corrected chi connectivity index (χ2v) is 7.70. The molecule has 0 spiro atoms. The monoisotopic (exact) mass is 353 g/mol. The molecule has 8 heteroatoms. The molecule has 1 saturated heterocycles. The highest BCUT2D eigenvalue weighted by Crippen LogP contribution is 2.24. The minimum Gasteiger partial charge on any atom is -0.371 e. The largest absolute Gasteiger partial charge is 0.371 e. The number of sulfonamides is 1. The summed E-state index contributed by atoms with van der Waals surface area (Å²) in [4.78, 5) is 0. The average Bonchev–Trinajstić information content (AvgIpc) is 3.04. The molecule has 6 nitrogen and oxygen atoms in total. The molecule has 0 radical (unpaired) electrons. The number of morpholine rings is 1. The number of halogens is 1. The van der Waals surface area contributed by atoms with Crippen LogP contribution in [-0.2, 0) is 27.1 Å². The first-order valence-corrected chi connectivity index (χ1v) is 9.45. The van der Waals surface area contributed by atoms with Gasteiger partial charge >= 0.3 is 0 Å². The minimum absolute atomic E-state index is 0.217. The first kappa shape index (κ1) is 17.1. The van der Waals surface area contributed by atoms with Gasteiger partial charge in [-0.3, -0.25) is 4.68 Å². The van der Waals surface area contributed by atoms with Crippen LogP contribution in [0.25, 0.3) is 0 Å². The molecular weight excluding hydrogens is 333 g/mol. The van der Waals surface area contributed by atoms with Crippen LogP contribution in [0.15, 0.2) is 36.7 Å². The lowest BCUT2D eigenvalue weighted by molar-refractivity contribution is -0.00265. The summed E-state index contributed by atoms with van der Waals surface area (Å²) in [6, 6.07) is 5.68. The number of nitrogens with zero attached hydrogens (tertiary/aromatic N) is 3. The molecule has 0 N–H and O–H groups in total. The van der Waals surface area contributed by atoms with Gasteiger partial charge in [0.2, 0.25) is 10.0 Å². The van der Waals surface area contributed by atoms with Crippen molar-refractivity contribution in [1.29, 1.82) is 0 Å². The molecular formula is C16H20FN3O3S. The van der Waals surface area contributed by atoms with E-state index >= 15 is 0 Å². The van der Waals surface area contributed by atoms with Crippen LogP contribution in [0.4, 0.5) is 4.39 Å². The highest BCUT2D eigenvalue weighted by Gasteiger charge is 2.31. The van der Waals surface area contributed by atoms with Crippen molar-refractivity contribution in [3.63, 3.8) is 0 Å². The standard InChI is InChI=1S/C16H20FN3O3S/c1-2-19-10-14(9-18-19)16-11-20(6-7-23-16)24(21,22)12-13-4-3-5-15(17)8-13/h3-5,8-10,16H,2,6-7,11-12H2,1H3. The Balaban J connectivity index is 1.73. The van der Waals surface area contributed by atoms with Crippen molar-refractivity contribution in [3.05, 3.63) is 53.6 Å². The smallest absolute Gasteiger partial charge is 0.218 e. The fraction of sp³-hybridized carbons (Fsp3) is 0.438. The van der Waals surface area contributed by atoms with Gasteiger partial charge in [0.25, 0.3) is 0 Å². The summed E-state index contributed by atoms with van der Waals surface area (Å²) in [7, 11) is -3.53. The van der Waals surface area contributed by atoms with Crippen LogP contribution in [0.2, 0.25) is 0 Å². The van der Waals surface area contributed by atoms with Crippen molar-refractivity contribution in [1.82, 2.24) is 14.1 Å². The van der Waals surface area contributed by atoms with Gasteiger partial charge in [-0.05, 0) is 24.6 Å². The molecule has 2 aromatic rings. The molecule has 1 atom stereocenters. The normalized spacial score (nSPS) is 19.5. The Bertz CT molecular complexity index is 806. The van der Waals surface area contributed by atoms with Crippen molar-refractivity contribution < 1.29 is 17.5 Å². The van der Waals surface area contributed by atoms with Crippen molar-refractivity contribution in [2.45, 2.75) is 25.3 Å². The molecule has 0 amide bonds. The summed E-state index contributed by atoms with van der Waals surface area (Å²) in [6.07, 6.45) is 3.24. The third kappa shape index (κ3) is 3.82. The Morgan fingerprint density at radius 3 is 2.96 bits per heavy atom. The quantitative estimate of drug-likeness (QED) is 0.824. The Kier molecular flexibility index (Phi) is 4.98. The molecule has 1 aromatic heterocycles. The highest BCUT2D eigenvalue weighted by molar-refractivity contribution is 7.88. The molecule has 1 aromatic carbocycles. The molecule has 0 aliphatic carbocycles. The fourth-order valence-corrected chi connectivity index (χ4v) is 4.23. The van der Waals surface area contributed by atoms with E-state index in [1.54, 1.807) is 16.9 Å². The Morgan fingerprint density at radius 2 is 2.25 bits per heavy atom. The summed E-state index contributed by atoms with van der Waals surface area (Å²) in [6.45, 7) is 3.59. The first-order valence-electron chi connectivity index (χ1n) is 7.84.